The number of rotatable bonds is 4. The molecule has 0 radical (unpaired) electrons. The van der Waals surface area contributed by atoms with E-state index in [1.807, 2.05) is 6.92 Å². The minimum absolute atomic E-state index is 0.00333. The zero-order valence-corrected chi connectivity index (χ0v) is 10.9. The molecule has 17 heavy (non-hydrogen) atoms. The summed E-state index contributed by atoms with van der Waals surface area (Å²) in [5, 5.41) is -0.188. The van der Waals surface area contributed by atoms with Gasteiger partial charge in [-0.25, -0.2) is 17.5 Å². The Morgan fingerprint density at radius 3 is 2.65 bits per heavy atom. The maximum absolute atomic E-state index is 12.9. The Kier molecular flexibility index (Phi) is 3.43. The van der Waals surface area contributed by atoms with E-state index < -0.39 is 15.8 Å². The minimum Gasteiger partial charge on any atom is -0.208 e. The molecule has 1 atom stereocenters. The molecule has 0 heterocycles. The topological polar surface area (TPSA) is 46.2 Å². The minimum atomic E-state index is -3.60. The van der Waals surface area contributed by atoms with Crippen LogP contribution in [-0.4, -0.2) is 14.5 Å². The average molecular weight is 278 g/mol. The van der Waals surface area contributed by atoms with Crippen LogP contribution in [0.3, 0.4) is 0 Å². The number of nitrogens with one attached hydrogen (secondary N) is 1. The van der Waals surface area contributed by atoms with Gasteiger partial charge in [0.25, 0.3) is 0 Å². The molecule has 1 aliphatic carbocycles. The Bertz CT molecular complexity index is 528. The highest BCUT2D eigenvalue weighted by Crippen LogP contribution is 2.33. The van der Waals surface area contributed by atoms with Crippen molar-refractivity contribution >= 4 is 21.6 Å². The van der Waals surface area contributed by atoms with E-state index in [4.69, 9.17) is 11.6 Å². The van der Waals surface area contributed by atoms with Crippen molar-refractivity contribution in [2.75, 3.05) is 0 Å². The Labute approximate surface area is 105 Å². The fourth-order valence-electron chi connectivity index (χ4n) is 1.65. The SMILES string of the molecule is C[C@H](NS(=O)(=O)c1ccc(F)c(Cl)c1)C1CC1. The lowest BCUT2D eigenvalue weighted by molar-refractivity contribution is 0.538. The summed E-state index contributed by atoms with van der Waals surface area (Å²) < 4.78 is 39.4. The van der Waals surface area contributed by atoms with Gasteiger partial charge in [-0.15, -0.1) is 0 Å². The lowest BCUT2D eigenvalue weighted by Gasteiger charge is -2.13. The summed E-state index contributed by atoms with van der Waals surface area (Å²) in [6.45, 7) is 1.83. The second-order valence-corrected chi connectivity index (χ2v) is 6.44. The van der Waals surface area contributed by atoms with Crippen LogP contribution in [0.15, 0.2) is 23.1 Å². The van der Waals surface area contributed by atoms with Gasteiger partial charge >= 0.3 is 0 Å². The maximum Gasteiger partial charge on any atom is 0.240 e. The first-order valence-electron chi connectivity index (χ1n) is 5.37. The van der Waals surface area contributed by atoms with Crippen molar-refractivity contribution in [3.63, 3.8) is 0 Å². The summed E-state index contributed by atoms with van der Waals surface area (Å²) >= 11 is 5.56. The molecule has 0 aliphatic heterocycles. The van der Waals surface area contributed by atoms with Crippen LogP contribution in [0.25, 0.3) is 0 Å². The van der Waals surface area contributed by atoms with Crippen LogP contribution < -0.4 is 4.72 Å². The van der Waals surface area contributed by atoms with Gasteiger partial charge in [0.1, 0.15) is 5.82 Å². The van der Waals surface area contributed by atoms with Gasteiger partial charge in [-0.1, -0.05) is 11.6 Å². The van der Waals surface area contributed by atoms with Gasteiger partial charge in [-0.05, 0) is 43.9 Å². The van der Waals surface area contributed by atoms with Crippen LogP contribution in [0.4, 0.5) is 4.39 Å². The van der Waals surface area contributed by atoms with Crippen molar-refractivity contribution in [1.82, 2.24) is 4.72 Å². The van der Waals surface area contributed by atoms with Crippen molar-refractivity contribution in [3.8, 4) is 0 Å². The van der Waals surface area contributed by atoms with E-state index >= 15 is 0 Å². The van der Waals surface area contributed by atoms with Crippen LogP contribution in [0.5, 0.6) is 0 Å². The Balaban J connectivity index is 2.21. The van der Waals surface area contributed by atoms with Crippen LogP contribution in [0.2, 0.25) is 5.02 Å². The number of hydrogen-bond acceptors (Lipinski definition) is 2. The van der Waals surface area contributed by atoms with E-state index in [1.165, 1.54) is 6.07 Å². The van der Waals surface area contributed by atoms with Crippen LogP contribution in [-0.2, 0) is 10.0 Å². The van der Waals surface area contributed by atoms with E-state index in [0.29, 0.717) is 5.92 Å². The third kappa shape index (κ3) is 2.97. The highest BCUT2D eigenvalue weighted by Gasteiger charge is 2.31. The Morgan fingerprint density at radius 1 is 1.47 bits per heavy atom. The van der Waals surface area contributed by atoms with Crippen molar-refractivity contribution in [3.05, 3.63) is 29.0 Å². The molecule has 3 nitrogen and oxygen atoms in total. The van der Waals surface area contributed by atoms with Gasteiger partial charge in [0.2, 0.25) is 10.0 Å². The first-order valence-corrected chi connectivity index (χ1v) is 7.23. The molecule has 1 aromatic rings. The molecule has 0 amide bonds. The second-order valence-electron chi connectivity index (χ2n) is 4.32. The summed E-state index contributed by atoms with van der Waals surface area (Å²) in [6, 6.07) is 3.30. The van der Waals surface area contributed by atoms with Crippen LogP contribution in [0.1, 0.15) is 19.8 Å². The molecule has 0 spiro atoms. The van der Waals surface area contributed by atoms with Crippen molar-refractivity contribution < 1.29 is 12.8 Å². The summed E-state index contributed by atoms with van der Waals surface area (Å²) in [6.07, 6.45) is 2.10. The van der Waals surface area contributed by atoms with Gasteiger partial charge in [0.15, 0.2) is 0 Å². The van der Waals surface area contributed by atoms with Crippen molar-refractivity contribution in [2.24, 2.45) is 5.92 Å². The van der Waals surface area contributed by atoms with Crippen LogP contribution in [0, 0.1) is 11.7 Å². The number of sulfonamides is 1. The fraction of sp³-hybridized carbons (Fsp3) is 0.455. The Hall–Kier alpha value is -0.650. The van der Waals surface area contributed by atoms with Crippen LogP contribution >= 0.6 is 11.6 Å². The first-order chi connectivity index (χ1) is 7.90. The van der Waals surface area contributed by atoms with E-state index in [2.05, 4.69) is 4.72 Å². The highest BCUT2D eigenvalue weighted by molar-refractivity contribution is 7.89. The van der Waals surface area contributed by atoms with Gasteiger partial charge in [-0.2, -0.15) is 0 Å². The smallest absolute Gasteiger partial charge is 0.208 e. The van der Waals surface area contributed by atoms with Gasteiger partial charge in [0, 0.05) is 6.04 Å². The molecule has 1 aliphatic rings. The molecule has 6 heteroatoms. The zero-order valence-electron chi connectivity index (χ0n) is 9.28. The first kappa shape index (κ1) is 12.8. The zero-order chi connectivity index (χ0) is 12.6. The molecule has 1 saturated carbocycles. The molecule has 2 rings (SSSR count). The van der Waals surface area contributed by atoms with E-state index in [0.717, 1.165) is 25.0 Å². The Morgan fingerprint density at radius 2 is 2.12 bits per heavy atom. The average Bonchev–Trinajstić information content (AvgIpc) is 3.04. The molecule has 0 aromatic heterocycles. The summed E-state index contributed by atoms with van der Waals surface area (Å²) in [5.41, 5.74) is 0. The van der Waals surface area contributed by atoms with Gasteiger partial charge in [-0.3, -0.25) is 0 Å². The standard InChI is InChI=1S/C11H13ClFNO2S/c1-7(8-2-3-8)14-17(15,16)9-4-5-11(13)10(12)6-9/h4-8,14H,2-3H2,1H3/t7-/m0/s1. The summed E-state index contributed by atoms with van der Waals surface area (Å²) in [4.78, 5) is -0.00333. The van der Waals surface area contributed by atoms with E-state index in [-0.39, 0.29) is 16.0 Å². The molecule has 94 valence electrons. The lowest BCUT2D eigenvalue weighted by Crippen LogP contribution is -2.34. The van der Waals surface area contributed by atoms with Gasteiger partial charge < -0.3 is 0 Å². The van der Waals surface area contributed by atoms with E-state index in [9.17, 15) is 12.8 Å². The number of benzene rings is 1. The molecule has 1 fully saturated rings. The quantitative estimate of drug-likeness (QED) is 0.919. The molecule has 0 bridgehead atoms. The predicted molar refractivity (Wildman–Crippen MR) is 63.9 cm³/mol. The van der Waals surface area contributed by atoms with Gasteiger partial charge in [0.05, 0.1) is 9.92 Å². The molecule has 1 N–H and O–H groups in total. The van der Waals surface area contributed by atoms with Crippen molar-refractivity contribution in [2.45, 2.75) is 30.7 Å². The maximum atomic E-state index is 12.9. The molecular formula is C11H13ClFNO2S. The third-order valence-electron chi connectivity index (χ3n) is 2.87. The normalized spacial score (nSPS) is 18.1. The lowest BCUT2D eigenvalue weighted by atomic mass is 10.2. The van der Waals surface area contributed by atoms with Crippen molar-refractivity contribution in [1.29, 1.82) is 0 Å². The molecule has 0 saturated heterocycles. The predicted octanol–water partition coefficient (Wildman–Crippen LogP) is 2.56. The molecule has 1 aromatic carbocycles. The largest absolute Gasteiger partial charge is 0.240 e. The van der Waals surface area contributed by atoms with E-state index in [1.54, 1.807) is 0 Å². The monoisotopic (exact) mass is 277 g/mol. The molecule has 0 unspecified atom stereocenters. The second kappa shape index (κ2) is 4.55. The third-order valence-corrected chi connectivity index (χ3v) is 4.72. The fourth-order valence-corrected chi connectivity index (χ4v) is 3.23. The summed E-state index contributed by atoms with van der Waals surface area (Å²) in [7, 11) is -3.60. The summed E-state index contributed by atoms with van der Waals surface area (Å²) in [5.74, 6) is -0.207. The highest BCUT2D eigenvalue weighted by atomic mass is 35.5. The number of halogens is 2. The molecular weight excluding hydrogens is 265 g/mol. The number of hydrogen-bond donors (Lipinski definition) is 1.